The first-order valence-corrected chi connectivity index (χ1v) is 3.07. The lowest BCUT2D eigenvalue weighted by Crippen LogP contribution is -2.19. The predicted molar refractivity (Wildman–Crippen MR) is 40.5 cm³/mol. The average molecular weight is 169 g/mol. The maximum Gasteiger partial charge on any atom is 0.286 e. The van der Waals surface area contributed by atoms with E-state index in [9.17, 15) is 9.59 Å². The summed E-state index contributed by atoms with van der Waals surface area (Å²) in [5.41, 5.74) is 4.99. The smallest absolute Gasteiger partial charge is 0.286 e. The van der Waals surface area contributed by atoms with E-state index in [2.05, 4.69) is 15.3 Å². The summed E-state index contributed by atoms with van der Waals surface area (Å²) in [4.78, 5) is 27.6. The molecule has 0 aliphatic carbocycles. The van der Waals surface area contributed by atoms with Crippen LogP contribution in [0.4, 0.5) is 0 Å². The SMILES string of the molecule is [2H]CNC(=O)c1ncc(C(N)=O)[nH]1. The Morgan fingerprint density at radius 3 is 3.08 bits per heavy atom. The van der Waals surface area contributed by atoms with Gasteiger partial charge >= 0.3 is 0 Å². The number of aromatic amines is 1. The van der Waals surface area contributed by atoms with E-state index < -0.39 is 11.8 Å². The maximum atomic E-state index is 11.0. The van der Waals surface area contributed by atoms with E-state index in [0.717, 1.165) is 0 Å². The van der Waals surface area contributed by atoms with Crippen LogP contribution in [0.15, 0.2) is 6.20 Å². The maximum absolute atomic E-state index is 11.0. The van der Waals surface area contributed by atoms with Gasteiger partial charge in [0.2, 0.25) is 0 Å². The second-order valence-corrected chi connectivity index (χ2v) is 2.02. The van der Waals surface area contributed by atoms with Gasteiger partial charge in [0.15, 0.2) is 5.82 Å². The minimum Gasteiger partial charge on any atom is -0.364 e. The van der Waals surface area contributed by atoms with Crippen LogP contribution in [0.5, 0.6) is 0 Å². The highest BCUT2D eigenvalue weighted by atomic mass is 16.2. The molecule has 2 amide bonds. The highest BCUT2D eigenvalue weighted by molar-refractivity contribution is 5.94. The molecule has 6 heteroatoms. The number of nitrogens with zero attached hydrogens (tertiary/aromatic N) is 1. The number of hydrogen-bond acceptors (Lipinski definition) is 3. The molecular formula is C6H8N4O2. The first-order valence-electron chi connectivity index (χ1n) is 3.78. The number of imidazole rings is 1. The first kappa shape index (κ1) is 6.84. The molecule has 0 aliphatic heterocycles. The van der Waals surface area contributed by atoms with Crippen molar-refractivity contribution in [2.45, 2.75) is 0 Å². The zero-order chi connectivity index (χ0) is 9.84. The molecule has 6 nitrogen and oxygen atoms in total. The van der Waals surface area contributed by atoms with E-state index in [1.54, 1.807) is 0 Å². The lowest BCUT2D eigenvalue weighted by Gasteiger charge is -1.91. The Labute approximate surface area is 69.6 Å². The Hall–Kier alpha value is -1.85. The quantitative estimate of drug-likeness (QED) is 0.522. The summed E-state index contributed by atoms with van der Waals surface area (Å²) in [7, 11) is -0.245. The molecule has 0 atom stereocenters. The number of carbonyl (C=O) groups is 2. The van der Waals surface area contributed by atoms with Crippen LogP contribution in [-0.2, 0) is 0 Å². The molecule has 0 fully saturated rings. The van der Waals surface area contributed by atoms with Crippen molar-refractivity contribution < 1.29 is 11.0 Å². The van der Waals surface area contributed by atoms with Gasteiger partial charge in [-0.15, -0.1) is 0 Å². The topological polar surface area (TPSA) is 101 Å². The zero-order valence-corrected chi connectivity index (χ0v) is 6.13. The van der Waals surface area contributed by atoms with Gasteiger partial charge < -0.3 is 16.0 Å². The van der Waals surface area contributed by atoms with Crippen molar-refractivity contribution in [1.29, 1.82) is 0 Å². The monoisotopic (exact) mass is 169 g/mol. The van der Waals surface area contributed by atoms with Crippen LogP contribution in [0.25, 0.3) is 0 Å². The Bertz CT molecular complexity index is 335. The molecule has 12 heavy (non-hydrogen) atoms. The number of rotatable bonds is 2. The fourth-order valence-corrected chi connectivity index (χ4v) is 0.646. The van der Waals surface area contributed by atoms with Crippen LogP contribution < -0.4 is 11.1 Å². The van der Waals surface area contributed by atoms with Gasteiger partial charge in [0.05, 0.1) is 6.20 Å². The van der Waals surface area contributed by atoms with E-state index in [0.29, 0.717) is 0 Å². The van der Waals surface area contributed by atoms with Crippen molar-refractivity contribution in [3.05, 3.63) is 17.7 Å². The van der Waals surface area contributed by atoms with Crippen LogP contribution in [0.2, 0.25) is 0 Å². The number of carbonyl (C=O) groups excluding carboxylic acids is 2. The summed E-state index contributed by atoms with van der Waals surface area (Å²) in [6, 6.07) is 0. The largest absolute Gasteiger partial charge is 0.364 e. The Morgan fingerprint density at radius 2 is 2.58 bits per heavy atom. The average Bonchev–Trinajstić information content (AvgIpc) is 2.52. The number of H-pyrrole nitrogens is 1. The molecule has 0 radical (unpaired) electrons. The lowest BCUT2D eigenvalue weighted by atomic mass is 10.5. The molecule has 0 saturated heterocycles. The number of nitrogens with one attached hydrogen (secondary N) is 2. The predicted octanol–water partition coefficient (Wildman–Crippen LogP) is -1.13. The van der Waals surface area contributed by atoms with Gasteiger partial charge in [-0.05, 0) is 0 Å². The van der Waals surface area contributed by atoms with Crippen LogP contribution in [0, 0.1) is 0 Å². The van der Waals surface area contributed by atoms with Crippen LogP contribution >= 0.6 is 0 Å². The molecule has 0 aliphatic rings. The molecule has 64 valence electrons. The van der Waals surface area contributed by atoms with Gasteiger partial charge in [0, 0.05) is 8.39 Å². The van der Waals surface area contributed by atoms with Crippen LogP contribution in [-0.4, -0.2) is 28.8 Å². The molecule has 0 bridgehead atoms. The highest BCUT2D eigenvalue weighted by Crippen LogP contribution is 1.94. The van der Waals surface area contributed by atoms with Crippen molar-refractivity contribution in [2.24, 2.45) is 5.73 Å². The minimum atomic E-state index is -0.683. The molecule has 0 spiro atoms. The Kier molecular flexibility index (Phi) is 1.73. The standard InChI is InChI=1S/C6H8N4O2/c1-8-6(12)5-9-2-3(10-5)4(7)11/h2H,1H3,(H2,7,11)(H,8,12)(H,9,10)/i1D. The van der Waals surface area contributed by atoms with E-state index in [1.807, 2.05) is 0 Å². The number of primary amides is 1. The van der Waals surface area contributed by atoms with Crippen molar-refractivity contribution in [3.63, 3.8) is 0 Å². The Morgan fingerprint density at radius 1 is 1.83 bits per heavy atom. The van der Waals surface area contributed by atoms with E-state index in [4.69, 9.17) is 7.10 Å². The summed E-state index contributed by atoms with van der Waals surface area (Å²) >= 11 is 0. The molecule has 1 aromatic rings. The number of hydrogen-bond donors (Lipinski definition) is 3. The third-order valence-electron chi connectivity index (χ3n) is 1.22. The minimum absolute atomic E-state index is 0.0268. The van der Waals surface area contributed by atoms with Crippen LogP contribution in [0.3, 0.4) is 0 Å². The van der Waals surface area contributed by atoms with Crippen molar-refractivity contribution in [3.8, 4) is 0 Å². The number of aromatic nitrogens is 2. The Balaban J connectivity index is 2.79. The highest BCUT2D eigenvalue weighted by Gasteiger charge is 2.09. The zero-order valence-electron chi connectivity index (χ0n) is 7.13. The van der Waals surface area contributed by atoms with Gasteiger partial charge in [-0.25, -0.2) is 4.98 Å². The molecular weight excluding hydrogens is 160 g/mol. The molecule has 1 rings (SSSR count). The summed E-state index contributed by atoms with van der Waals surface area (Å²) in [5.74, 6) is -1.25. The van der Waals surface area contributed by atoms with Gasteiger partial charge in [0.1, 0.15) is 5.69 Å². The van der Waals surface area contributed by atoms with Crippen molar-refractivity contribution in [2.75, 3.05) is 7.02 Å². The summed E-state index contributed by atoms with van der Waals surface area (Å²) in [5, 5.41) is 2.20. The third-order valence-corrected chi connectivity index (χ3v) is 1.22. The molecule has 0 saturated carbocycles. The normalized spacial score (nSPS) is 10.5. The molecule has 0 unspecified atom stereocenters. The molecule has 1 aromatic heterocycles. The van der Waals surface area contributed by atoms with Gasteiger partial charge in [-0.3, -0.25) is 9.59 Å². The molecule has 0 aromatic carbocycles. The second-order valence-electron chi connectivity index (χ2n) is 2.02. The molecule has 4 N–H and O–H groups in total. The number of nitrogens with two attached hydrogens (primary N) is 1. The van der Waals surface area contributed by atoms with Crippen molar-refractivity contribution in [1.82, 2.24) is 15.3 Å². The summed E-state index contributed by atoms with van der Waals surface area (Å²) in [6.45, 7) is 0. The fourth-order valence-electron chi connectivity index (χ4n) is 0.646. The van der Waals surface area contributed by atoms with E-state index in [1.165, 1.54) is 6.20 Å². The van der Waals surface area contributed by atoms with Crippen LogP contribution in [0.1, 0.15) is 22.5 Å². The van der Waals surface area contributed by atoms with Gasteiger partial charge in [-0.2, -0.15) is 0 Å². The molecule has 1 heterocycles. The summed E-state index contributed by atoms with van der Waals surface area (Å²) in [6.07, 6.45) is 1.17. The summed E-state index contributed by atoms with van der Waals surface area (Å²) < 4.78 is 6.71. The number of amides is 2. The van der Waals surface area contributed by atoms with Gasteiger partial charge in [-0.1, -0.05) is 0 Å². The fraction of sp³-hybridized carbons (Fsp3) is 0.167. The van der Waals surface area contributed by atoms with Crippen molar-refractivity contribution >= 4 is 11.8 Å². The third kappa shape index (κ3) is 1.42. The lowest BCUT2D eigenvalue weighted by molar-refractivity contribution is 0.0954. The van der Waals surface area contributed by atoms with E-state index in [-0.39, 0.29) is 18.5 Å². The van der Waals surface area contributed by atoms with E-state index >= 15 is 0 Å². The van der Waals surface area contributed by atoms with Gasteiger partial charge in [0.25, 0.3) is 11.8 Å². The second kappa shape index (κ2) is 3.04. The first-order chi connectivity index (χ1) is 6.15.